The van der Waals surface area contributed by atoms with E-state index in [4.69, 9.17) is 5.73 Å². The normalized spacial score (nSPS) is 15.1. The third kappa shape index (κ3) is 4.06. The minimum atomic E-state index is 0.629. The highest BCUT2D eigenvalue weighted by Crippen LogP contribution is 2.29. The number of nitrogens with zero attached hydrogens (tertiary/aromatic N) is 3. The number of hydrogen-bond acceptors (Lipinski definition) is 5. The second-order valence-corrected chi connectivity index (χ2v) is 5.38. The quantitative estimate of drug-likeness (QED) is 0.785. The number of rotatable bonds is 7. The summed E-state index contributed by atoms with van der Waals surface area (Å²) in [7, 11) is 2.01. The molecule has 0 atom stereocenters. The maximum Gasteiger partial charge on any atom is 0.134 e. The SMILES string of the molecule is Cc1nc(NCCC2CCC2)cc(N(C)CCN)n1. The van der Waals surface area contributed by atoms with Crippen LogP contribution in [0.5, 0.6) is 0 Å². The van der Waals surface area contributed by atoms with Crippen LogP contribution in [0.2, 0.25) is 0 Å². The molecule has 5 nitrogen and oxygen atoms in total. The second kappa shape index (κ2) is 6.70. The molecule has 1 saturated carbocycles. The minimum Gasteiger partial charge on any atom is -0.370 e. The molecule has 1 heterocycles. The Kier molecular flexibility index (Phi) is 4.96. The molecule has 106 valence electrons. The summed E-state index contributed by atoms with van der Waals surface area (Å²) in [5.74, 6) is 3.58. The molecule has 1 aliphatic rings. The lowest BCUT2D eigenvalue weighted by Gasteiger charge is -2.25. The van der Waals surface area contributed by atoms with E-state index in [1.54, 1.807) is 0 Å². The van der Waals surface area contributed by atoms with Gasteiger partial charge in [0.15, 0.2) is 0 Å². The topological polar surface area (TPSA) is 67.1 Å². The first kappa shape index (κ1) is 14.1. The fourth-order valence-corrected chi connectivity index (χ4v) is 2.33. The number of nitrogens with one attached hydrogen (secondary N) is 1. The molecule has 1 aromatic rings. The van der Waals surface area contributed by atoms with Crippen molar-refractivity contribution in [3.05, 3.63) is 11.9 Å². The van der Waals surface area contributed by atoms with Gasteiger partial charge in [-0.1, -0.05) is 19.3 Å². The highest BCUT2D eigenvalue weighted by Gasteiger charge is 2.16. The molecule has 1 aromatic heterocycles. The first-order chi connectivity index (χ1) is 9.19. The predicted octanol–water partition coefficient (Wildman–Crippen LogP) is 1.78. The molecular formula is C14H25N5. The largest absolute Gasteiger partial charge is 0.370 e. The Morgan fingerprint density at radius 2 is 2.21 bits per heavy atom. The van der Waals surface area contributed by atoms with E-state index in [0.29, 0.717) is 6.54 Å². The molecule has 0 aromatic carbocycles. The van der Waals surface area contributed by atoms with Gasteiger partial charge in [-0.25, -0.2) is 9.97 Å². The van der Waals surface area contributed by atoms with E-state index in [1.165, 1.54) is 25.7 Å². The molecule has 0 bridgehead atoms. The van der Waals surface area contributed by atoms with Gasteiger partial charge in [0.1, 0.15) is 17.5 Å². The van der Waals surface area contributed by atoms with Crippen molar-refractivity contribution < 1.29 is 0 Å². The first-order valence-electron chi connectivity index (χ1n) is 7.20. The van der Waals surface area contributed by atoms with Crippen molar-refractivity contribution in [2.45, 2.75) is 32.6 Å². The lowest BCUT2D eigenvalue weighted by Crippen LogP contribution is -2.26. The van der Waals surface area contributed by atoms with Crippen LogP contribution in [0, 0.1) is 12.8 Å². The number of aromatic nitrogens is 2. The summed E-state index contributed by atoms with van der Waals surface area (Å²) in [5, 5.41) is 3.41. The van der Waals surface area contributed by atoms with E-state index in [1.807, 2.05) is 20.0 Å². The summed E-state index contributed by atoms with van der Waals surface area (Å²) in [5.41, 5.74) is 5.58. The molecule has 0 radical (unpaired) electrons. The number of hydrogen-bond donors (Lipinski definition) is 2. The summed E-state index contributed by atoms with van der Waals surface area (Å²) in [6.45, 7) is 4.36. The van der Waals surface area contributed by atoms with Crippen molar-refractivity contribution in [1.29, 1.82) is 0 Å². The van der Waals surface area contributed by atoms with Crippen molar-refractivity contribution in [3.8, 4) is 0 Å². The van der Waals surface area contributed by atoms with Gasteiger partial charge in [0.25, 0.3) is 0 Å². The standard InChI is InChI=1S/C14H25N5/c1-11-17-13(16-8-6-12-4-3-5-12)10-14(18-11)19(2)9-7-15/h10,12H,3-9,15H2,1-2H3,(H,16,17,18). The molecule has 0 amide bonds. The van der Waals surface area contributed by atoms with Gasteiger partial charge in [0.2, 0.25) is 0 Å². The van der Waals surface area contributed by atoms with Crippen molar-refractivity contribution in [2.75, 3.05) is 36.9 Å². The Morgan fingerprint density at radius 3 is 2.84 bits per heavy atom. The van der Waals surface area contributed by atoms with Gasteiger partial charge in [-0.2, -0.15) is 0 Å². The van der Waals surface area contributed by atoms with Crippen molar-refractivity contribution in [1.82, 2.24) is 9.97 Å². The van der Waals surface area contributed by atoms with Crippen LogP contribution in [0.1, 0.15) is 31.5 Å². The summed E-state index contributed by atoms with van der Waals surface area (Å²) in [4.78, 5) is 10.9. The predicted molar refractivity (Wildman–Crippen MR) is 79.5 cm³/mol. The van der Waals surface area contributed by atoms with Crippen LogP contribution in [0.15, 0.2) is 6.07 Å². The van der Waals surface area contributed by atoms with E-state index >= 15 is 0 Å². The van der Waals surface area contributed by atoms with Crippen LogP contribution >= 0.6 is 0 Å². The molecular weight excluding hydrogens is 238 g/mol. The summed E-state index contributed by atoms with van der Waals surface area (Å²) < 4.78 is 0. The fraction of sp³-hybridized carbons (Fsp3) is 0.714. The third-order valence-corrected chi connectivity index (χ3v) is 3.76. The monoisotopic (exact) mass is 263 g/mol. The van der Waals surface area contributed by atoms with E-state index in [-0.39, 0.29) is 0 Å². The highest BCUT2D eigenvalue weighted by molar-refractivity contribution is 5.48. The van der Waals surface area contributed by atoms with Gasteiger partial charge in [-0.05, 0) is 19.3 Å². The van der Waals surface area contributed by atoms with Gasteiger partial charge >= 0.3 is 0 Å². The van der Waals surface area contributed by atoms with E-state index in [2.05, 4.69) is 20.2 Å². The molecule has 0 spiro atoms. The maximum absolute atomic E-state index is 5.58. The molecule has 1 fully saturated rings. The Balaban J connectivity index is 1.91. The molecule has 0 saturated heterocycles. The number of likely N-dealkylation sites (N-methyl/N-ethyl adjacent to an activating group) is 1. The van der Waals surface area contributed by atoms with Crippen LogP contribution < -0.4 is 16.0 Å². The van der Waals surface area contributed by atoms with E-state index in [0.717, 1.165) is 36.5 Å². The molecule has 0 unspecified atom stereocenters. The smallest absolute Gasteiger partial charge is 0.134 e. The van der Waals surface area contributed by atoms with Gasteiger partial charge in [0.05, 0.1) is 0 Å². The van der Waals surface area contributed by atoms with Crippen molar-refractivity contribution in [2.24, 2.45) is 11.7 Å². The van der Waals surface area contributed by atoms with Gasteiger partial charge < -0.3 is 16.0 Å². The fourth-order valence-electron chi connectivity index (χ4n) is 2.33. The maximum atomic E-state index is 5.58. The van der Waals surface area contributed by atoms with E-state index < -0.39 is 0 Å². The van der Waals surface area contributed by atoms with Crippen LogP contribution in [0.3, 0.4) is 0 Å². The molecule has 3 N–H and O–H groups in total. The third-order valence-electron chi connectivity index (χ3n) is 3.76. The lowest BCUT2D eigenvalue weighted by molar-refractivity contribution is 0.303. The lowest BCUT2D eigenvalue weighted by atomic mass is 9.83. The first-order valence-corrected chi connectivity index (χ1v) is 7.20. The summed E-state index contributed by atoms with van der Waals surface area (Å²) in [6, 6.07) is 2.00. The molecule has 5 heteroatoms. The zero-order valence-electron chi connectivity index (χ0n) is 12.0. The van der Waals surface area contributed by atoms with Crippen molar-refractivity contribution in [3.63, 3.8) is 0 Å². The van der Waals surface area contributed by atoms with Gasteiger partial charge in [0, 0.05) is 32.7 Å². The van der Waals surface area contributed by atoms with Crippen molar-refractivity contribution >= 4 is 11.6 Å². The number of aryl methyl sites for hydroxylation is 1. The Labute approximate surface area is 115 Å². The zero-order chi connectivity index (χ0) is 13.7. The molecule has 19 heavy (non-hydrogen) atoms. The van der Waals surface area contributed by atoms with Crippen LogP contribution in [-0.4, -0.2) is 36.6 Å². The summed E-state index contributed by atoms with van der Waals surface area (Å²) in [6.07, 6.45) is 5.45. The van der Waals surface area contributed by atoms with Gasteiger partial charge in [-0.15, -0.1) is 0 Å². The highest BCUT2D eigenvalue weighted by atomic mass is 15.2. The summed E-state index contributed by atoms with van der Waals surface area (Å²) >= 11 is 0. The zero-order valence-corrected chi connectivity index (χ0v) is 12.0. The molecule has 2 rings (SSSR count). The molecule has 0 aliphatic heterocycles. The van der Waals surface area contributed by atoms with Crippen LogP contribution in [0.25, 0.3) is 0 Å². The number of anilines is 2. The molecule has 1 aliphatic carbocycles. The average Bonchev–Trinajstić information content (AvgIpc) is 2.32. The van der Waals surface area contributed by atoms with E-state index in [9.17, 15) is 0 Å². The number of nitrogens with two attached hydrogens (primary N) is 1. The van der Waals surface area contributed by atoms with Crippen LogP contribution in [0.4, 0.5) is 11.6 Å². The Bertz CT molecular complexity index is 403. The average molecular weight is 263 g/mol. The van der Waals surface area contributed by atoms with Crippen LogP contribution in [-0.2, 0) is 0 Å². The minimum absolute atomic E-state index is 0.629. The Hall–Kier alpha value is -1.36. The Morgan fingerprint density at radius 1 is 1.42 bits per heavy atom. The second-order valence-electron chi connectivity index (χ2n) is 5.38. The van der Waals surface area contributed by atoms with Gasteiger partial charge in [-0.3, -0.25) is 0 Å².